The van der Waals surface area contributed by atoms with Crippen molar-refractivity contribution in [3.63, 3.8) is 0 Å². The molecule has 1 aromatic carbocycles. The van der Waals surface area contributed by atoms with E-state index in [1.165, 1.54) is 11.1 Å². The molecule has 0 radical (unpaired) electrons. The van der Waals surface area contributed by atoms with Gasteiger partial charge in [0.15, 0.2) is 0 Å². The summed E-state index contributed by atoms with van der Waals surface area (Å²) in [5.41, 5.74) is 8.66. The zero-order valence-electron chi connectivity index (χ0n) is 10.5. The lowest BCUT2D eigenvalue weighted by molar-refractivity contribution is 0.650. The Morgan fingerprint density at radius 1 is 1.22 bits per heavy atom. The van der Waals surface area contributed by atoms with Gasteiger partial charge in [-0.2, -0.15) is 5.10 Å². The van der Waals surface area contributed by atoms with E-state index in [4.69, 9.17) is 5.73 Å². The zero-order valence-corrected chi connectivity index (χ0v) is 12.1. The molecule has 1 heterocycles. The molecule has 4 heteroatoms. The van der Waals surface area contributed by atoms with Crippen molar-refractivity contribution in [2.75, 3.05) is 0 Å². The molecule has 0 bridgehead atoms. The summed E-state index contributed by atoms with van der Waals surface area (Å²) in [5, 5.41) is 4.26. The van der Waals surface area contributed by atoms with Crippen LogP contribution in [-0.2, 0) is 19.4 Å². The second-order valence-electron chi connectivity index (χ2n) is 4.50. The average molecular weight is 308 g/mol. The first-order chi connectivity index (χ1) is 8.67. The summed E-state index contributed by atoms with van der Waals surface area (Å²) in [6, 6.07) is 8.47. The Kier molecular flexibility index (Phi) is 4.55. The fraction of sp³-hybridized carbons (Fsp3) is 0.357. The minimum absolute atomic E-state index is 0.140. The van der Waals surface area contributed by atoms with Crippen LogP contribution in [0.25, 0.3) is 0 Å². The van der Waals surface area contributed by atoms with E-state index in [2.05, 4.69) is 58.4 Å². The molecule has 18 heavy (non-hydrogen) atoms. The van der Waals surface area contributed by atoms with Gasteiger partial charge in [0.1, 0.15) is 0 Å². The van der Waals surface area contributed by atoms with E-state index in [-0.39, 0.29) is 6.04 Å². The van der Waals surface area contributed by atoms with E-state index < -0.39 is 0 Å². The molecular formula is C14H18BrN3. The van der Waals surface area contributed by atoms with Crippen LogP contribution < -0.4 is 5.73 Å². The van der Waals surface area contributed by atoms with E-state index in [1.54, 1.807) is 0 Å². The van der Waals surface area contributed by atoms with Gasteiger partial charge in [0, 0.05) is 23.3 Å². The molecule has 96 valence electrons. The van der Waals surface area contributed by atoms with Crippen LogP contribution in [0.5, 0.6) is 0 Å². The zero-order chi connectivity index (χ0) is 13.0. The molecule has 1 unspecified atom stereocenters. The normalized spacial score (nSPS) is 12.6. The van der Waals surface area contributed by atoms with Crippen LogP contribution in [0.1, 0.15) is 18.1 Å². The third-order valence-corrected chi connectivity index (χ3v) is 3.45. The molecule has 0 saturated heterocycles. The fourth-order valence-electron chi connectivity index (χ4n) is 1.98. The van der Waals surface area contributed by atoms with Gasteiger partial charge in [-0.3, -0.25) is 4.68 Å². The van der Waals surface area contributed by atoms with Crippen molar-refractivity contribution in [1.82, 2.24) is 9.78 Å². The van der Waals surface area contributed by atoms with Crippen molar-refractivity contribution in [3.8, 4) is 0 Å². The molecule has 3 nitrogen and oxygen atoms in total. The minimum Gasteiger partial charge on any atom is -0.327 e. The molecule has 0 fully saturated rings. The predicted octanol–water partition coefficient (Wildman–Crippen LogP) is 2.78. The van der Waals surface area contributed by atoms with Gasteiger partial charge in [-0.05, 0) is 43.0 Å². The van der Waals surface area contributed by atoms with Crippen LogP contribution in [0.15, 0.2) is 41.1 Å². The molecule has 2 rings (SSSR count). The number of halogens is 1. The standard InChI is InChI=1S/C14H18BrN3/c1-2-18-10-12(9-17-18)8-14(16)7-11-3-5-13(15)6-4-11/h3-6,9-10,14H,2,7-8,16H2,1H3. The Morgan fingerprint density at radius 2 is 1.89 bits per heavy atom. The van der Waals surface area contributed by atoms with E-state index in [9.17, 15) is 0 Å². The lowest BCUT2D eigenvalue weighted by Gasteiger charge is -2.10. The number of hydrogen-bond acceptors (Lipinski definition) is 2. The molecule has 1 atom stereocenters. The van der Waals surface area contributed by atoms with Gasteiger partial charge in [-0.1, -0.05) is 28.1 Å². The number of aryl methyl sites for hydroxylation is 1. The SMILES string of the molecule is CCn1cc(CC(N)Cc2ccc(Br)cc2)cn1. The average Bonchev–Trinajstić information content (AvgIpc) is 2.79. The Labute approximate surface area is 116 Å². The molecule has 0 spiro atoms. The van der Waals surface area contributed by atoms with Crippen molar-refractivity contribution >= 4 is 15.9 Å². The summed E-state index contributed by atoms with van der Waals surface area (Å²) >= 11 is 3.43. The number of nitrogens with two attached hydrogens (primary N) is 1. The molecule has 0 amide bonds. The Morgan fingerprint density at radius 3 is 2.50 bits per heavy atom. The summed E-state index contributed by atoms with van der Waals surface area (Å²) in [7, 11) is 0. The highest BCUT2D eigenvalue weighted by Crippen LogP contribution is 2.12. The monoisotopic (exact) mass is 307 g/mol. The lowest BCUT2D eigenvalue weighted by atomic mass is 10.0. The van der Waals surface area contributed by atoms with E-state index in [0.717, 1.165) is 23.9 Å². The highest BCUT2D eigenvalue weighted by Gasteiger charge is 2.07. The van der Waals surface area contributed by atoms with Crippen LogP contribution in [-0.4, -0.2) is 15.8 Å². The summed E-state index contributed by atoms with van der Waals surface area (Å²) in [6.07, 6.45) is 5.74. The molecule has 1 aromatic heterocycles. The summed E-state index contributed by atoms with van der Waals surface area (Å²) < 4.78 is 3.03. The highest BCUT2D eigenvalue weighted by molar-refractivity contribution is 9.10. The molecule has 2 N–H and O–H groups in total. The quantitative estimate of drug-likeness (QED) is 0.923. The smallest absolute Gasteiger partial charge is 0.0522 e. The first-order valence-electron chi connectivity index (χ1n) is 6.18. The second kappa shape index (κ2) is 6.16. The Balaban J connectivity index is 1.91. The molecule has 0 aliphatic carbocycles. The Bertz CT molecular complexity index is 490. The summed E-state index contributed by atoms with van der Waals surface area (Å²) in [4.78, 5) is 0. The van der Waals surface area contributed by atoms with Crippen molar-refractivity contribution < 1.29 is 0 Å². The van der Waals surface area contributed by atoms with Crippen LogP contribution in [0.2, 0.25) is 0 Å². The second-order valence-corrected chi connectivity index (χ2v) is 5.41. The number of nitrogens with zero attached hydrogens (tertiary/aromatic N) is 2. The molecule has 0 saturated carbocycles. The lowest BCUT2D eigenvalue weighted by Crippen LogP contribution is -2.25. The minimum atomic E-state index is 0.140. The first kappa shape index (κ1) is 13.3. The maximum atomic E-state index is 6.18. The topological polar surface area (TPSA) is 43.8 Å². The number of benzene rings is 1. The van der Waals surface area contributed by atoms with E-state index in [1.807, 2.05) is 10.9 Å². The van der Waals surface area contributed by atoms with Gasteiger partial charge in [0.2, 0.25) is 0 Å². The van der Waals surface area contributed by atoms with Crippen molar-refractivity contribution in [2.45, 2.75) is 32.4 Å². The van der Waals surface area contributed by atoms with Gasteiger partial charge in [0.25, 0.3) is 0 Å². The number of hydrogen-bond donors (Lipinski definition) is 1. The maximum absolute atomic E-state index is 6.18. The van der Waals surface area contributed by atoms with Crippen molar-refractivity contribution in [3.05, 3.63) is 52.3 Å². The van der Waals surface area contributed by atoms with Crippen LogP contribution in [0, 0.1) is 0 Å². The molecular weight excluding hydrogens is 290 g/mol. The van der Waals surface area contributed by atoms with Crippen LogP contribution in [0.4, 0.5) is 0 Å². The van der Waals surface area contributed by atoms with Gasteiger partial charge in [0.05, 0.1) is 6.20 Å². The van der Waals surface area contributed by atoms with Gasteiger partial charge >= 0.3 is 0 Å². The third-order valence-electron chi connectivity index (χ3n) is 2.92. The molecule has 0 aliphatic rings. The third kappa shape index (κ3) is 3.68. The van der Waals surface area contributed by atoms with Crippen molar-refractivity contribution in [1.29, 1.82) is 0 Å². The Hall–Kier alpha value is -1.13. The summed E-state index contributed by atoms with van der Waals surface area (Å²) in [5.74, 6) is 0. The van der Waals surface area contributed by atoms with Gasteiger partial charge in [-0.25, -0.2) is 0 Å². The van der Waals surface area contributed by atoms with E-state index >= 15 is 0 Å². The van der Waals surface area contributed by atoms with Gasteiger partial charge < -0.3 is 5.73 Å². The number of aromatic nitrogens is 2. The largest absolute Gasteiger partial charge is 0.327 e. The van der Waals surface area contributed by atoms with Crippen molar-refractivity contribution in [2.24, 2.45) is 5.73 Å². The molecule has 0 aliphatic heterocycles. The highest BCUT2D eigenvalue weighted by atomic mass is 79.9. The maximum Gasteiger partial charge on any atom is 0.0522 e. The van der Waals surface area contributed by atoms with Crippen LogP contribution >= 0.6 is 15.9 Å². The fourth-order valence-corrected chi connectivity index (χ4v) is 2.25. The summed E-state index contributed by atoms with van der Waals surface area (Å²) in [6.45, 7) is 2.99. The predicted molar refractivity (Wildman–Crippen MR) is 77.4 cm³/mol. The van der Waals surface area contributed by atoms with E-state index in [0.29, 0.717) is 0 Å². The molecule has 2 aromatic rings. The number of rotatable bonds is 5. The van der Waals surface area contributed by atoms with Gasteiger partial charge in [-0.15, -0.1) is 0 Å². The van der Waals surface area contributed by atoms with Crippen LogP contribution in [0.3, 0.4) is 0 Å². The first-order valence-corrected chi connectivity index (χ1v) is 6.98.